The van der Waals surface area contributed by atoms with Crippen LogP contribution in [0, 0.1) is 0 Å². The molecule has 0 radical (unpaired) electrons. The van der Waals surface area contributed by atoms with E-state index < -0.39 is 0 Å². The Morgan fingerprint density at radius 2 is 2.27 bits per heavy atom. The van der Waals surface area contributed by atoms with Gasteiger partial charge in [0, 0.05) is 5.38 Å². The summed E-state index contributed by atoms with van der Waals surface area (Å²) in [5.41, 5.74) is 1.12. The number of rotatable bonds is 3. The van der Waals surface area contributed by atoms with Gasteiger partial charge in [-0.2, -0.15) is 0 Å². The van der Waals surface area contributed by atoms with E-state index in [-0.39, 0.29) is 0 Å². The molecule has 0 amide bonds. The fourth-order valence-corrected chi connectivity index (χ4v) is 2.82. The molecule has 3 nitrogen and oxygen atoms in total. The van der Waals surface area contributed by atoms with E-state index in [0.29, 0.717) is 5.15 Å². The van der Waals surface area contributed by atoms with Crippen LogP contribution in [0.5, 0.6) is 0 Å². The SMILES string of the molecule is CCc1csc(Sc2ccc(Cl)nn2)n1. The van der Waals surface area contributed by atoms with Crippen molar-refractivity contribution in [3.8, 4) is 0 Å². The summed E-state index contributed by atoms with van der Waals surface area (Å²) in [4.78, 5) is 4.43. The van der Waals surface area contributed by atoms with Crippen molar-refractivity contribution in [2.75, 3.05) is 0 Å². The van der Waals surface area contributed by atoms with Gasteiger partial charge < -0.3 is 0 Å². The molecule has 0 bridgehead atoms. The second-order valence-corrected chi connectivity index (χ2v) is 5.27. The van der Waals surface area contributed by atoms with Crippen molar-refractivity contribution < 1.29 is 0 Å². The lowest BCUT2D eigenvalue weighted by Crippen LogP contribution is -1.84. The van der Waals surface area contributed by atoms with Crippen LogP contribution in [0.15, 0.2) is 26.9 Å². The lowest BCUT2D eigenvalue weighted by molar-refractivity contribution is 0.927. The van der Waals surface area contributed by atoms with Gasteiger partial charge in [0.25, 0.3) is 0 Å². The minimum absolute atomic E-state index is 0.410. The Bertz CT molecular complexity index is 441. The van der Waals surface area contributed by atoms with Gasteiger partial charge in [-0.05, 0) is 30.3 Å². The quantitative estimate of drug-likeness (QED) is 0.846. The molecule has 0 aliphatic carbocycles. The van der Waals surface area contributed by atoms with Crippen LogP contribution in [0.1, 0.15) is 12.6 Å². The zero-order valence-corrected chi connectivity index (χ0v) is 10.4. The molecule has 15 heavy (non-hydrogen) atoms. The number of aromatic nitrogens is 3. The van der Waals surface area contributed by atoms with Gasteiger partial charge >= 0.3 is 0 Å². The standard InChI is InChI=1S/C9H8ClN3S2/c1-2-6-5-14-9(11-6)15-8-4-3-7(10)12-13-8/h3-5H,2H2,1H3. The zero-order valence-electron chi connectivity index (χ0n) is 7.98. The Morgan fingerprint density at radius 1 is 1.40 bits per heavy atom. The Kier molecular flexibility index (Phi) is 3.56. The highest BCUT2D eigenvalue weighted by Crippen LogP contribution is 2.28. The number of halogens is 1. The molecule has 0 fully saturated rings. The number of hydrogen-bond acceptors (Lipinski definition) is 5. The van der Waals surface area contributed by atoms with E-state index in [4.69, 9.17) is 11.6 Å². The third kappa shape index (κ3) is 2.90. The summed E-state index contributed by atoms with van der Waals surface area (Å²) in [6.07, 6.45) is 0.962. The van der Waals surface area contributed by atoms with Gasteiger partial charge in [0.15, 0.2) is 9.49 Å². The number of nitrogens with zero attached hydrogens (tertiary/aromatic N) is 3. The van der Waals surface area contributed by atoms with Crippen molar-refractivity contribution in [2.45, 2.75) is 22.7 Å². The lowest BCUT2D eigenvalue weighted by atomic mass is 10.4. The molecule has 0 aromatic carbocycles. The maximum Gasteiger partial charge on any atom is 0.156 e. The van der Waals surface area contributed by atoms with Crippen molar-refractivity contribution >= 4 is 34.7 Å². The monoisotopic (exact) mass is 257 g/mol. The van der Waals surface area contributed by atoms with E-state index in [1.807, 2.05) is 6.07 Å². The van der Waals surface area contributed by atoms with Gasteiger partial charge in [-0.1, -0.05) is 18.5 Å². The van der Waals surface area contributed by atoms with Crippen molar-refractivity contribution in [3.63, 3.8) is 0 Å². The molecular formula is C9H8ClN3S2. The summed E-state index contributed by atoms with van der Waals surface area (Å²) in [5.74, 6) is 0. The second kappa shape index (κ2) is 4.92. The summed E-state index contributed by atoms with van der Waals surface area (Å²) in [7, 11) is 0. The Labute approximate surface area is 101 Å². The zero-order chi connectivity index (χ0) is 10.7. The van der Waals surface area contributed by atoms with E-state index in [1.165, 1.54) is 11.8 Å². The van der Waals surface area contributed by atoms with Gasteiger partial charge in [-0.25, -0.2) is 4.98 Å². The predicted molar refractivity (Wildman–Crippen MR) is 62.7 cm³/mol. The van der Waals surface area contributed by atoms with Crippen LogP contribution in [0.4, 0.5) is 0 Å². The van der Waals surface area contributed by atoms with E-state index in [2.05, 4.69) is 27.5 Å². The molecule has 0 aliphatic rings. The van der Waals surface area contributed by atoms with Gasteiger partial charge in [-0.15, -0.1) is 21.5 Å². The average Bonchev–Trinajstić information content (AvgIpc) is 2.69. The first-order valence-corrected chi connectivity index (χ1v) is 6.47. The van der Waals surface area contributed by atoms with Crippen molar-refractivity contribution in [3.05, 3.63) is 28.4 Å². The maximum atomic E-state index is 5.65. The van der Waals surface area contributed by atoms with Crippen LogP contribution >= 0.6 is 34.7 Å². The second-order valence-electron chi connectivity index (χ2n) is 2.75. The van der Waals surface area contributed by atoms with Crippen LogP contribution in [0.3, 0.4) is 0 Å². The molecule has 6 heteroatoms. The van der Waals surface area contributed by atoms with Crippen molar-refractivity contribution in [1.29, 1.82) is 0 Å². The minimum atomic E-state index is 0.410. The van der Waals surface area contributed by atoms with Gasteiger partial charge in [0.1, 0.15) is 5.03 Å². The molecule has 0 atom stereocenters. The fraction of sp³-hybridized carbons (Fsp3) is 0.222. The molecular weight excluding hydrogens is 250 g/mol. The van der Waals surface area contributed by atoms with Crippen LogP contribution < -0.4 is 0 Å². The largest absolute Gasteiger partial charge is 0.234 e. The predicted octanol–water partition coefficient (Wildman–Crippen LogP) is 3.30. The van der Waals surface area contributed by atoms with Gasteiger partial charge in [-0.3, -0.25) is 0 Å². The van der Waals surface area contributed by atoms with Crippen LogP contribution in [-0.4, -0.2) is 15.2 Å². The van der Waals surface area contributed by atoms with Crippen molar-refractivity contribution in [2.24, 2.45) is 0 Å². The highest BCUT2D eigenvalue weighted by Gasteiger charge is 2.04. The van der Waals surface area contributed by atoms with E-state index in [1.54, 1.807) is 17.4 Å². The molecule has 0 spiro atoms. The minimum Gasteiger partial charge on any atom is -0.234 e. The summed E-state index contributed by atoms with van der Waals surface area (Å²) in [6, 6.07) is 3.57. The molecule has 2 rings (SSSR count). The van der Waals surface area contributed by atoms with Gasteiger partial charge in [0.2, 0.25) is 0 Å². The van der Waals surface area contributed by atoms with Crippen LogP contribution in [0.25, 0.3) is 0 Å². The fourth-order valence-electron chi connectivity index (χ4n) is 0.945. The first kappa shape index (κ1) is 10.9. The van der Waals surface area contributed by atoms with Crippen LogP contribution in [0.2, 0.25) is 5.15 Å². The van der Waals surface area contributed by atoms with Gasteiger partial charge in [0.05, 0.1) is 5.69 Å². The molecule has 2 aromatic heterocycles. The Balaban J connectivity index is 2.11. The highest BCUT2D eigenvalue weighted by atomic mass is 35.5. The van der Waals surface area contributed by atoms with E-state index >= 15 is 0 Å². The molecule has 0 saturated carbocycles. The van der Waals surface area contributed by atoms with E-state index in [9.17, 15) is 0 Å². The molecule has 0 saturated heterocycles. The third-order valence-corrected chi connectivity index (χ3v) is 3.81. The molecule has 0 N–H and O–H groups in total. The average molecular weight is 258 g/mol. The molecule has 0 unspecified atom stereocenters. The highest BCUT2D eigenvalue weighted by molar-refractivity contribution is 8.00. The normalized spacial score (nSPS) is 10.5. The topological polar surface area (TPSA) is 38.7 Å². The lowest BCUT2D eigenvalue weighted by Gasteiger charge is -1.94. The summed E-state index contributed by atoms with van der Waals surface area (Å²) in [5, 5.41) is 11.0. The van der Waals surface area contributed by atoms with Crippen LogP contribution in [-0.2, 0) is 6.42 Å². The Hall–Kier alpha value is -0.650. The maximum absolute atomic E-state index is 5.65. The Morgan fingerprint density at radius 3 is 2.87 bits per heavy atom. The third-order valence-electron chi connectivity index (χ3n) is 1.69. The molecule has 78 valence electrons. The number of hydrogen-bond donors (Lipinski definition) is 0. The van der Waals surface area contributed by atoms with E-state index in [0.717, 1.165) is 21.5 Å². The molecule has 0 aliphatic heterocycles. The first-order valence-electron chi connectivity index (χ1n) is 4.39. The molecule has 2 aromatic rings. The first-order chi connectivity index (χ1) is 7.28. The van der Waals surface area contributed by atoms with Crippen molar-refractivity contribution in [1.82, 2.24) is 15.2 Å². The number of thiazole rings is 1. The summed E-state index contributed by atoms with van der Waals surface area (Å²) < 4.78 is 0.989. The summed E-state index contributed by atoms with van der Waals surface area (Å²) in [6.45, 7) is 2.09. The number of aryl methyl sites for hydroxylation is 1. The summed E-state index contributed by atoms with van der Waals surface area (Å²) >= 11 is 8.78. The molecule has 2 heterocycles. The smallest absolute Gasteiger partial charge is 0.156 e.